The molecule has 0 N–H and O–H groups in total. The Bertz CT molecular complexity index is 3490. The second kappa shape index (κ2) is 19.4. The van der Waals surface area contributed by atoms with E-state index in [4.69, 9.17) is 0 Å². The summed E-state index contributed by atoms with van der Waals surface area (Å²) in [6.45, 7) is 9.52. The predicted molar refractivity (Wildman–Crippen MR) is 319 cm³/mol. The van der Waals surface area contributed by atoms with Gasteiger partial charge in [-0.1, -0.05) is 246 Å². The average molecular weight is 970 g/mol. The molecule has 2 aliphatic rings. The number of para-hydroxylation sites is 2. The normalized spacial score (nSPS) is 13.8. The second-order valence-electron chi connectivity index (χ2n) is 20.4. The van der Waals surface area contributed by atoms with Crippen molar-refractivity contribution in [1.29, 1.82) is 0 Å². The number of nitrogens with zero attached hydrogens (tertiary/aromatic N) is 1. The Kier molecular flexibility index (Phi) is 12.3. The highest BCUT2D eigenvalue weighted by molar-refractivity contribution is 7.19. The molecule has 12 rings (SSSR count). The van der Waals surface area contributed by atoms with E-state index >= 15 is 0 Å². The number of benzene rings is 10. The van der Waals surface area contributed by atoms with Crippen LogP contribution in [0.3, 0.4) is 0 Å². The minimum Gasteiger partial charge on any atom is -0.310 e. The third kappa shape index (κ3) is 7.57. The van der Waals surface area contributed by atoms with Gasteiger partial charge in [0.25, 0.3) is 0 Å². The van der Waals surface area contributed by atoms with Crippen LogP contribution in [0, 0.1) is 0 Å². The van der Waals surface area contributed by atoms with Crippen molar-refractivity contribution in [3.05, 3.63) is 282 Å². The van der Waals surface area contributed by atoms with Gasteiger partial charge in [0, 0.05) is 27.9 Å². The van der Waals surface area contributed by atoms with Gasteiger partial charge in [-0.2, -0.15) is 0 Å². The van der Waals surface area contributed by atoms with Crippen LogP contribution in [0.5, 0.6) is 0 Å². The number of hydrogen-bond acceptors (Lipinski definition) is 1. The van der Waals surface area contributed by atoms with Crippen molar-refractivity contribution >= 4 is 58.0 Å². The Labute approximate surface area is 440 Å². The van der Waals surface area contributed by atoms with Gasteiger partial charge in [-0.3, -0.25) is 0 Å². The maximum absolute atomic E-state index is 2.69. The van der Waals surface area contributed by atoms with E-state index in [1.165, 1.54) is 93.2 Å². The zero-order valence-electron chi connectivity index (χ0n) is 43.1. The maximum Gasteiger partial charge on any atom is 0.179 e. The minimum absolute atomic E-state index is 0.0727. The monoisotopic (exact) mass is 969 g/mol. The molecule has 0 aliphatic heterocycles. The maximum atomic E-state index is 2.63. The largest absolute Gasteiger partial charge is 0.310 e. The molecule has 360 valence electrons. The summed E-state index contributed by atoms with van der Waals surface area (Å²) in [6.07, 6.45) is 8.71. The van der Waals surface area contributed by atoms with Crippen LogP contribution in [0.15, 0.2) is 249 Å². The third-order valence-electron chi connectivity index (χ3n) is 17.2. The molecule has 2 aliphatic carbocycles. The van der Waals surface area contributed by atoms with Crippen LogP contribution in [0.2, 0.25) is 0 Å². The fraction of sp³-hybridized carbons (Fsp3) is 0.139. The lowest BCUT2D eigenvalue weighted by Crippen LogP contribution is -2.74. The van der Waals surface area contributed by atoms with Crippen LogP contribution in [0.25, 0.3) is 45.5 Å². The van der Waals surface area contributed by atoms with E-state index < -0.39 is 8.07 Å². The van der Waals surface area contributed by atoms with Crippen LogP contribution in [0.4, 0.5) is 17.1 Å². The van der Waals surface area contributed by atoms with E-state index in [1.54, 1.807) is 0 Å². The first-order valence-electron chi connectivity index (χ1n) is 26.9. The van der Waals surface area contributed by atoms with Crippen molar-refractivity contribution in [2.75, 3.05) is 4.90 Å². The standard InChI is InChI=1S/C72H63NSi/c1-5-71(6-2)67-48-53(38-44-63(67)65-46-42-58(50-69(65)71)73(56-24-14-9-15-25-56)57-26-16-10-17-27-57)35-34-52-36-39-54(40-37-52)55-41-45-64-66-47-43-62(51-70(66)72(7-3,8-4)68(64)49-55)74(59-28-18-11-19-29-59,60-30-20-12-21-31-60)61-32-22-13-23-33-61/h9-51H,5-8H2,1-4H3/b35-34+. The average Bonchev–Trinajstić information content (AvgIpc) is 3.93. The molecular formula is C72H63NSi. The summed E-state index contributed by atoms with van der Waals surface area (Å²) in [5.74, 6) is 0. The molecular weight excluding hydrogens is 907 g/mol. The summed E-state index contributed by atoms with van der Waals surface area (Å²) in [6, 6.07) is 93.7. The van der Waals surface area contributed by atoms with Gasteiger partial charge in [-0.25, -0.2) is 0 Å². The van der Waals surface area contributed by atoms with E-state index in [2.05, 4.69) is 293 Å². The van der Waals surface area contributed by atoms with Crippen molar-refractivity contribution < 1.29 is 0 Å². The molecule has 0 saturated carbocycles. The van der Waals surface area contributed by atoms with Crippen molar-refractivity contribution in [2.45, 2.75) is 64.2 Å². The van der Waals surface area contributed by atoms with Crippen LogP contribution in [0.1, 0.15) is 86.8 Å². The fourth-order valence-corrected chi connectivity index (χ4v) is 18.1. The van der Waals surface area contributed by atoms with E-state index in [9.17, 15) is 0 Å². The molecule has 0 spiro atoms. The van der Waals surface area contributed by atoms with Gasteiger partial charge in [0.15, 0.2) is 8.07 Å². The van der Waals surface area contributed by atoms with Gasteiger partial charge in [-0.15, -0.1) is 0 Å². The SMILES string of the molecule is CCC1(CC)c2cc(/C=C/c3ccc(-c4ccc5c(c4)C(CC)(CC)c4cc([Si](c6ccccc6)(c6ccccc6)c6ccccc6)ccc4-5)cc3)ccc2-c2ccc(N(c3ccccc3)c3ccccc3)cc21. The Morgan fingerprint density at radius 1 is 0.311 bits per heavy atom. The first kappa shape index (κ1) is 47.0. The summed E-state index contributed by atoms with van der Waals surface area (Å²) in [4.78, 5) is 2.39. The van der Waals surface area contributed by atoms with E-state index in [0.29, 0.717) is 0 Å². The first-order valence-corrected chi connectivity index (χ1v) is 28.9. The van der Waals surface area contributed by atoms with Crippen LogP contribution >= 0.6 is 0 Å². The molecule has 0 saturated heterocycles. The molecule has 74 heavy (non-hydrogen) atoms. The van der Waals surface area contributed by atoms with Crippen molar-refractivity contribution in [3.8, 4) is 33.4 Å². The Balaban J connectivity index is 0.846. The molecule has 2 heteroatoms. The van der Waals surface area contributed by atoms with Gasteiger partial charge in [0.2, 0.25) is 0 Å². The van der Waals surface area contributed by atoms with Gasteiger partial charge >= 0.3 is 0 Å². The highest BCUT2D eigenvalue weighted by Gasteiger charge is 2.46. The molecule has 0 heterocycles. The molecule has 0 aromatic heterocycles. The van der Waals surface area contributed by atoms with Crippen LogP contribution < -0.4 is 25.6 Å². The van der Waals surface area contributed by atoms with Gasteiger partial charge in [0.1, 0.15) is 0 Å². The second-order valence-corrected chi connectivity index (χ2v) is 24.3. The van der Waals surface area contributed by atoms with Gasteiger partial charge in [0.05, 0.1) is 0 Å². The van der Waals surface area contributed by atoms with Crippen molar-refractivity contribution in [3.63, 3.8) is 0 Å². The lowest BCUT2D eigenvalue weighted by atomic mass is 9.73. The predicted octanol–water partition coefficient (Wildman–Crippen LogP) is 16.5. The van der Waals surface area contributed by atoms with Crippen molar-refractivity contribution in [2.24, 2.45) is 0 Å². The number of fused-ring (bicyclic) bond motifs is 6. The fourth-order valence-electron chi connectivity index (χ4n) is 13.3. The molecule has 0 atom stereocenters. The molecule has 0 fully saturated rings. The van der Waals surface area contributed by atoms with Crippen molar-refractivity contribution in [1.82, 2.24) is 0 Å². The Morgan fingerprint density at radius 2 is 0.689 bits per heavy atom. The molecule has 0 unspecified atom stereocenters. The molecule has 10 aromatic carbocycles. The smallest absolute Gasteiger partial charge is 0.179 e. The molecule has 1 nitrogen and oxygen atoms in total. The highest BCUT2D eigenvalue weighted by atomic mass is 28.3. The number of hydrogen-bond donors (Lipinski definition) is 0. The topological polar surface area (TPSA) is 3.24 Å². The lowest BCUT2D eigenvalue weighted by molar-refractivity contribution is 0.490. The zero-order chi connectivity index (χ0) is 50.3. The summed E-state index contributed by atoms with van der Waals surface area (Å²) in [5.41, 5.74) is 19.5. The number of rotatable bonds is 14. The summed E-state index contributed by atoms with van der Waals surface area (Å²) in [7, 11) is -2.69. The minimum atomic E-state index is -2.69. The molecule has 10 aromatic rings. The summed E-state index contributed by atoms with van der Waals surface area (Å²) in [5, 5.41) is 5.66. The van der Waals surface area contributed by atoms with Gasteiger partial charge in [-0.05, 0) is 156 Å². The Morgan fingerprint density at radius 3 is 1.19 bits per heavy atom. The molecule has 0 radical (unpaired) electrons. The van der Waals surface area contributed by atoms with Gasteiger partial charge < -0.3 is 4.90 Å². The summed E-state index contributed by atoms with van der Waals surface area (Å²) < 4.78 is 0. The highest BCUT2D eigenvalue weighted by Crippen LogP contribution is 2.55. The first-order chi connectivity index (χ1) is 36.4. The van der Waals surface area contributed by atoms with E-state index in [0.717, 1.165) is 37.1 Å². The Hall–Kier alpha value is -8.04. The van der Waals surface area contributed by atoms with Crippen LogP contribution in [-0.2, 0) is 10.8 Å². The third-order valence-corrected chi connectivity index (χ3v) is 22.0. The number of anilines is 3. The zero-order valence-corrected chi connectivity index (χ0v) is 44.1. The molecule has 0 bridgehead atoms. The quantitative estimate of drug-likeness (QED) is 0.0596. The lowest BCUT2D eigenvalue weighted by Gasteiger charge is -2.36. The van der Waals surface area contributed by atoms with E-state index in [-0.39, 0.29) is 10.8 Å². The molecule has 0 amide bonds. The van der Waals surface area contributed by atoms with Crippen LogP contribution in [-0.4, -0.2) is 8.07 Å². The summed E-state index contributed by atoms with van der Waals surface area (Å²) >= 11 is 0. The van der Waals surface area contributed by atoms with E-state index in [1.807, 2.05) is 0 Å².